The molecule has 2 heterocycles. The molecule has 3 aromatic rings. The molecule has 0 saturated heterocycles. The number of hydrogen-bond acceptors (Lipinski definition) is 5. The Morgan fingerprint density at radius 3 is 2.36 bits per heavy atom. The average molecular weight is 378 g/mol. The Labute approximate surface area is 162 Å². The monoisotopic (exact) mass is 378 g/mol. The maximum atomic E-state index is 13.4. The predicted molar refractivity (Wildman–Crippen MR) is 110 cm³/mol. The molecule has 0 spiro atoms. The summed E-state index contributed by atoms with van der Waals surface area (Å²) in [7, 11) is 6.81. The standard InChI is InChI=1S/C21H22N4O3/c1-22-20-19(18-9-13-7-5-6-8-17(13)23-18)21(26)25(24(20)2)14-10-15(27-3)12-16(11-14)28-4/h5-8,10-12,22H,9H2,1-4H3. The number of anilines is 1. The minimum atomic E-state index is -0.145. The van der Waals surface area contributed by atoms with E-state index in [1.807, 2.05) is 31.3 Å². The molecule has 0 bridgehead atoms. The first-order valence-corrected chi connectivity index (χ1v) is 8.96. The number of methoxy groups -OCH3 is 2. The van der Waals surface area contributed by atoms with Gasteiger partial charge in [0.1, 0.15) is 22.9 Å². The fraction of sp³-hybridized carbons (Fsp3) is 0.238. The topological polar surface area (TPSA) is 69.8 Å². The van der Waals surface area contributed by atoms with Crippen molar-refractivity contribution in [2.24, 2.45) is 12.0 Å². The quantitative estimate of drug-likeness (QED) is 0.741. The largest absolute Gasteiger partial charge is 0.497 e. The Morgan fingerprint density at radius 2 is 1.75 bits per heavy atom. The van der Waals surface area contributed by atoms with Crippen molar-refractivity contribution in [1.29, 1.82) is 0 Å². The Morgan fingerprint density at radius 1 is 1.07 bits per heavy atom. The second-order valence-electron chi connectivity index (χ2n) is 6.55. The van der Waals surface area contributed by atoms with Crippen LogP contribution in [-0.2, 0) is 13.5 Å². The molecule has 1 aliphatic rings. The van der Waals surface area contributed by atoms with Crippen LogP contribution in [0.25, 0.3) is 5.69 Å². The average Bonchev–Trinajstić information content (AvgIpc) is 3.24. The Kier molecular flexibility index (Phi) is 4.43. The highest BCUT2D eigenvalue weighted by molar-refractivity contribution is 6.09. The molecule has 7 nitrogen and oxygen atoms in total. The molecule has 4 rings (SSSR count). The first-order chi connectivity index (χ1) is 13.6. The van der Waals surface area contributed by atoms with Crippen LogP contribution in [0.15, 0.2) is 52.3 Å². The van der Waals surface area contributed by atoms with Gasteiger partial charge < -0.3 is 14.8 Å². The van der Waals surface area contributed by atoms with Crippen LogP contribution in [0.5, 0.6) is 11.5 Å². The smallest absolute Gasteiger partial charge is 0.282 e. The van der Waals surface area contributed by atoms with Crippen LogP contribution in [-0.4, -0.2) is 36.3 Å². The molecular weight excluding hydrogens is 356 g/mol. The van der Waals surface area contributed by atoms with Crippen molar-refractivity contribution in [3.05, 3.63) is 63.9 Å². The van der Waals surface area contributed by atoms with Gasteiger partial charge in [-0.3, -0.25) is 14.5 Å². The van der Waals surface area contributed by atoms with Crippen molar-refractivity contribution >= 4 is 17.2 Å². The Hall–Kier alpha value is -3.48. The number of benzene rings is 2. The first-order valence-electron chi connectivity index (χ1n) is 8.96. The van der Waals surface area contributed by atoms with E-state index in [2.05, 4.69) is 5.32 Å². The minimum absolute atomic E-state index is 0.145. The van der Waals surface area contributed by atoms with Crippen LogP contribution in [0.3, 0.4) is 0 Å². The van der Waals surface area contributed by atoms with E-state index in [4.69, 9.17) is 14.5 Å². The SMILES string of the molecule is CNc1c(C2=Nc3ccccc3C2)c(=O)n(-c2cc(OC)cc(OC)c2)n1C. The van der Waals surface area contributed by atoms with E-state index in [9.17, 15) is 4.79 Å². The number of fused-ring (bicyclic) bond motifs is 1. The maximum Gasteiger partial charge on any atom is 0.282 e. The summed E-state index contributed by atoms with van der Waals surface area (Å²) in [6.07, 6.45) is 0.630. The third kappa shape index (κ3) is 2.76. The fourth-order valence-corrected chi connectivity index (χ4v) is 3.64. The van der Waals surface area contributed by atoms with Gasteiger partial charge in [0.15, 0.2) is 0 Å². The molecule has 2 aromatic carbocycles. The third-order valence-corrected chi connectivity index (χ3v) is 4.98. The second-order valence-corrected chi connectivity index (χ2v) is 6.55. The zero-order valence-electron chi connectivity index (χ0n) is 16.3. The molecule has 28 heavy (non-hydrogen) atoms. The van der Waals surface area contributed by atoms with Gasteiger partial charge in [0, 0.05) is 38.7 Å². The molecule has 1 aliphatic heterocycles. The minimum Gasteiger partial charge on any atom is -0.497 e. The summed E-state index contributed by atoms with van der Waals surface area (Å²) in [5, 5.41) is 3.15. The molecule has 7 heteroatoms. The van der Waals surface area contributed by atoms with Gasteiger partial charge >= 0.3 is 0 Å². The Balaban J connectivity index is 1.90. The predicted octanol–water partition coefficient (Wildman–Crippen LogP) is 2.91. The molecule has 1 N–H and O–H groups in total. The van der Waals surface area contributed by atoms with Gasteiger partial charge in [-0.1, -0.05) is 18.2 Å². The summed E-state index contributed by atoms with van der Waals surface area (Å²) >= 11 is 0. The highest BCUT2D eigenvalue weighted by Gasteiger charge is 2.26. The van der Waals surface area contributed by atoms with Crippen molar-refractivity contribution in [1.82, 2.24) is 9.36 Å². The summed E-state index contributed by atoms with van der Waals surface area (Å²) < 4.78 is 14.1. The lowest BCUT2D eigenvalue weighted by atomic mass is 10.1. The van der Waals surface area contributed by atoms with E-state index in [1.54, 1.807) is 48.8 Å². The molecule has 0 aliphatic carbocycles. The van der Waals surface area contributed by atoms with Gasteiger partial charge in [0.2, 0.25) is 0 Å². The van der Waals surface area contributed by atoms with Crippen molar-refractivity contribution < 1.29 is 9.47 Å². The van der Waals surface area contributed by atoms with Gasteiger partial charge in [0.05, 0.1) is 31.3 Å². The number of aliphatic imine (C=N–C) groups is 1. The lowest BCUT2D eigenvalue weighted by Gasteiger charge is -2.12. The van der Waals surface area contributed by atoms with Crippen molar-refractivity contribution in [3.8, 4) is 17.2 Å². The highest BCUT2D eigenvalue weighted by atomic mass is 16.5. The van der Waals surface area contributed by atoms with Crippen molar-refractivity contribution in [3.63, 3.8) is 0 Å². The number of ether oxygens (including phenoxy) is 2. The van der Waals surface area contributed by atoms with Crippen LogP contribution in [0.4, 0.5) is 11.5 Å². The highest BCUT2D eigenvalue weighted by Crippen LogP contribution is 2.31. The van der Waals surface area contributed by atoms with E-state index < -0.39 is 0 Å². The van der Waals surface area contributed by atoms with Crippen LogP contribution < -0.4 is 20.3 Å². The molecule has 0 fully saturated rings. The van der Waals surface area contributed by atoms with Gasteiger partial charge in [-0.25, -0.2) is 4.68 Å². The first kappa shape index (κ1) is 17.9. The molecule has 0 amide bonds. The van der Waals surface area contributed by atoms with Crippen LogP contribution in [0.1, 0.15) is 11.1 Å². The summed E-state index contributed by atoms with van der Waals surface area (Å²) in [5.74, 6) is 1.93. The van der Waals surface area contributed by atoms with E-state index in [-0.39, 0.29) is 5.56 Å². The maximum absolute atomic E-state index is 13.4. The molecule has 0 unspecified atom stereocenters. The Bertz CT molecular complexity index is 1120. The number of nitrogens with zero attached hydrogens (tertiary/aromatic N) is 3. The zero-order chi connectivity index (χ0) is 19.8. The van der Waals surface area contributed by atoms with Crippen molar-refractivity contribution in [2.75, 3.05) is 26.6 Å². The number of para-hydroxylation sites is 1. The lowest BCUT2D eigenvalue weighted by Crippen LogP contribution is -2.23. The zero-order valence-corrected chi connectivity index (χ0v) is 16.3. The van der Waals surface area contributed by atoms with Gasteiger partial charge in [0.25, 0.3) is 5.56 Å². The molecule has 0 radical (unpaired) electrons. The van der Waals surface area contributed by atoms with E-state index in [0.29, 0.717) is 35.0 Å². The molecule has 1 aromatic heterocycles. The molecular formula is C21H22N4O3. The van der Waals surface area contributed by atoms with E-state index >= 15 is 0 Å². The summed E-state index contributed by atoms with van der Waals surface area (Å²) in [6, 6.07) is 13.3. The van der Waals surface area contributed by atoms with E-state index in [0.717, 1.165) is 17.0 Å². The van der Waals surface area contributed by atoms with Crippen LogP contribution in [0, 0.1) is 0 Å². The summed E-state index contributed by atoms with van der Waals surface area (Å²) in [6.45, 7) is 0. The fourth-order valence-electron chi connectivity index (χ4n) is 3.64. The van der Waals surface area contributed by atoms with Gasteiger partial charge in [-0.2, -0.15) is 0 Å². The normalized spacial score (nSPS) is 12.5. The molecule has 144 valence electrons. The number of aromatic nitrogens is 2. The van der Waals surface area contributed by atoms with Gasteiger partial charge in [-0.05, 0) is 11.6 Å². The third-order valence-electron chi connectivity index (χ3n) is 4.98. The van der Waals surface area contributed by atoms with Crippen LogP contribution >= 0.6 is 0 Å². The van der Waals surface area contributed by atoms with Gasteiger partial charge in [-0.15, -0.1) is 0 Å². The lowest BCUT2D eigenvalue weighted by molar-refractivity contribution is 0.393. The molecule has 0 atom stereocenters. The number of rotatable bonds is 5. The van der Waals surface area contributed by atoms with Crippen molar-refractivity contribution in [2.45, 2.75) is 6.42 Å². The number of hydrogen-bond donors (Lipinski definition) is 1. The summed E-state index contributed by atoms with van der Waals surface area (Å²) in [4.78, 5) is 18.2. The molecule has 0 saturated carbocycles. The van der Waals surface area contributed by atoms with Crippen LogP contribution in [0.2, 0.25) is 0 Å². The number of nitrogens with one attached hydrogen (secondary N) is 1. The van der Waals surface area contributed by atoms with E-state index in [1.165, 1.54) is 0 Å². The summed E-state index contributed by atoms with van der Waals surface area (Å²) in [5.41, 5.74) is 3.88. The second kappa shape index (κ2) is 6.92.